The molecule has 2 aromatic heterocycles. The molecule has 2 unspecified atom stereocenters. The Morgan fingerprint density at radius 1 is 1.04 bits per heavy atom. The maximum absolute atomic E-state index is 12.7. The van der Waals surface area contributed by atoms with Gasteiger partial charge in [0.15, 0.2) is 0 Å². The molecule has 0 spiro atoms. The summed E-state index contributed by atoms with van der Waals surface area (Å²) in [5.74, 6) is -2.43. The minimum Gasteiger partial charge on any atom is -0.480 e. The van der Waals surface area contributed by atoms with Gasteiger partial charge in [0.1, 0.15) is 17.8 Å². The van der Waals surface area contributed by atoms with Crippen LogP contribution in [0.5, 0.6) is 0 Å². The van der Waals surface area contributed by atoms with E-state index in [9.17, 15) is 14.4 Å². The van der Waals surface area contributed by atoms with Crippen LogP contribution in [0.4, 0.5) is 0 Å². The Hall–Kier alpha value is -3.42. The number of carbonyl (C=O) groups excluding carboxylic acids is 2. The summed E-state index contributed by atoms with van der Waals surface area (Å²) < 4.78 is 0. The summed E-state index contributed by atoms with van der Waals surface area (Å²) in [6.45, 7) is 4.91. The zero-order chi connectivity index (χ0) is 20.4. The number of fused-ring (bicyclic) bond motifs is 3. The first kappa shape index (κ1) is 19.3. The van der Waals surface area contributed by atoms with Crippen molar-refractivity contribution >= 4 is 39.6 Å². The quantitative estimate of drug-likeness (QED) is 0.519. The van der Waals surface area contributed by atoms with Gasteiger partial charge in [0, 0.05) is 16.3 Å². The number of carboxylic acid groups (broad SMARTS) is 1. The number of aromatic amines is 1. The van der Waals surface area contributed by atoms with Crippen molar-refractivity contribution in [1.82, 2.24) is 20.6 Å². The number of carbonyl (C=O) groups is 3. The van der Waals surface area contributed by atoms with Gasteiger partial charge in [-0.15, -0.1) is 0 Å². The summed E-state index contributed by atoms with van der Waals surface area (Å²) in [5.41, 5.74) is 1.94. The molecule has 2 amide bonds. The minimum absolute atomic E-state index is 0.182. The normalized spacial score (nSPS) is 13.4. The lowest BCUT2D eigenvalue weighted by atomic mass is 10.0. The van der Waals surface area contributed by atoms with Crippen LogP contribution in [0.1, 0.15) is 31.3 Å². The van der Waals surface area contributed by atoms with Gasteiger partial charge in [-0.3, -0.25) is 14.4 Å². The highest BCUT2D eigenvalue weighted by atomic mass is 16.4. The first-order valence-corrected chi connectivity index (χ1v) is 8.98. The van der Waals surface area contributed by atoms with Gasteiger partial charge in [-0.1, -0.05) is 32.0 Å². The van der Waals surface area contributed by atoms with E-state index < -0.39 is 29.9 Å². The zero-order valence-corrected chi connectivity index (χ0v) is 15.8. The predicted molar refractivity (Wildman–Crippen MR) is 105 cm³/mol. The fraction of sp³-hybridized carbons (Fsp3) is 0.300. The molecule has 0 saturated carbocycles. The third-order valence-electron chi connectivity index (χ3n) is 4.59. The van der Waals surface area contributed by atoms with Crippen molar-refractivity contribution in [2.24, 2.45) is 5.92 Å². The molecule has 0 aliphatic carbocycles. The lowest BCUT2D eigenvalue weighted by Crippen LogP contribution is -2.53. The minimum atomic E-state index is -1.14. The van der Waals surface area contributed by atoms with Crippen molar-refractivity contribution in [2.75, 3.05) is 0 Å². The molecule has 0 fully saturated rings. The lowest BCUT2D eigenvalue weighted by Gasteiger charge is -2.22. The van der Waals surface area contributed by atoms with Crippen molar-refractivity contribution in [3.05, 3.63) is 42.2 Å². The van der Waals surface area contributed by atoms with Gasteiger partial charge in [-0.25, -0.2) is 4.98 Å². The number of nitrogens with zero attached hydrogens (tertiary/aromatic N) is 1. The summed E-state index contributed by atoms with van der Waals surface area (Å²) >= 11 is 0. The van der Waals surface area contributed by atoms with E-state index in [4.69, 9.17) is 5.11 Å². The number of rotatable bonds is 6. The average Bonchev–Trinajstić information content (AvgIpc) is 3.03. The van der Waals surface area contributed by atoms with E-state index in [0.717, 1.165) is 21.8 Å². The van der Waals surface area contributed by atoms with Gasteiger partial charge in [0.25, 0.3) is 5.91 Å². The molecule has 1 aromatic carbocycles. The molecule has 2 heterocycles. The molecule has 2 atom stereocenters. The van der Waals surface area contributed by atoms with E-state index in [0.29, 0.717) is 0 Å². The predicted octanol–water partition coefficient (Wildman–Crippen LogP) is 2.06. The van der Waals surface area contributed by atoms with E-state index in [1.165, 1.54) is 6.92 Å². The van der Waals surface area contributed by atoms with E-state index in [1.54, 1.807) is 26.1 Å². The Bertz CT molecular complexity index is 1060. The molecule has 3 aromatic rings. The van der Waals surface area contributed by atoms with Gasteiger partial charge < -0.3 is 20.7 Å². The van der Waals surface area contributed by atoms with Crippen molar-refractivity contribution in [1.29, 1.82) is 0 Å². The second kappa shape index (κ2) is 7.67. The molecule has 0 bridgehead atoms. The average molecular weight is 382 g/mol. The Labute approximate surface area is 161 Å². The molecule has 0 aliphatic heterocycles. The van der Waals surface area contributed by atoms with Crippen LogP contribution < -0.4 is 10.6 Å². The highest BCUT2D eigenvalue weighted by molar-refractivity contribution is 6.09. The fourth-order valence-electron chi connectivity index (χ4n) is 2.99. The second-order valence-electron chi connectivity index (χ2n) is 7.05. The highest BCUT2D eigenvalue weighted by Gasteiger charge is 2.27. The van der Waals surface area contributed by atoms with Gasteiger partial charge in [-0.05, 0) is 25.0 Å². The topological polar surface area (TPSA) is 124 Å². The first-order chi connectivity index (χ1) is 13.3. The van der Waals surface area contributed by atoms with E-state index in [2.05, 4.69) is 20.6 Å². The van der Waals surface area contributed by atoms with Crippen LogP contribution in [0.15, 0.2) is 36.5 Å². The standard InChI is InChI=1S/C20H22N4O4/c1-10(2)17(19(26)22-11(3)20(27)28)24-18(25)15-8-13-12-6-4-5-7-14(12)23-16(13)9-21-15/h4-11,17,23H,1-3H3,(H,22,26)(H,24,25)(H,27,28). The van der Waals surface area contributed by atoms with Crippen molar-refractivity contribution in [2.45, 2.75) is 32.9 Å². The zero-order valence-electron chi connectivity index (χ0n) is 15.8. The molecular formula is C20H22N4O4. The van der Waals surface area contributed by atoms with Crippen LogP contribution >= 0.6 is 0 Å². The van der Waals surface area contributed by atoms with E-state index in [1.807, 2.05) is 24.3 Å². The maximum Gasteiger partial charge on any atom is 0.325 e. The van der Waals surface area contributed by atoms with E-state index in [-0.39, 0.29) is 11.6 Å². The second-order valence-corrected chi connectivity index (χ2v) is 7.05. The third-order valence-corrected chi connectivity index (χ3v) is 4.59. The van der Waals surface area contributed by atoms with Crippen LogP contribution in [0.2, 0.25) is 0 Å². The van der Waals surface area contributed by atoms with Crippen LogP contribution in [0.25, 0.3) is 21.8 Å². The van der Waals surface area contributed by atoms with E-state index >= 15 is 0 Å². The van der Waals surface area contributed by atoms with Gasteiger partial charge in [0.2, 0.25) is 5.91 Å². The number of nitrogens with one attached hydrogen (secondary N) is 3. The van der Waals surface area contributed by atoms with Gasteiger partial charge >= 0.3 is 5.97 Å². The number of benzene rings is 1. The van der Waals surface area contributed by atoms with Crippen LogP contribution in [-0.2, 0) is 9.59 Å². The summed E-state index contributed by atoms with van der Waals surface area (Å²) in [7, 11) is 0. The molecule has 4 N–H and O–H groups in total. The molecule has 8 nitrogen and oxygen atoms in total. The van der Waals surface area contributed by atoms with Crippen molar-refractivity contribution < 1.29 is 19.5 Å². The lowest BCUT2D eigenvalue weighted by molar-refractivity contribution is -0.141. The fourth-order valence-corrected chi connectivity index (χ4v) is 2.99. The summed E-state index contributed by atoms with van der Waals surface area (Å²) in [4.78, 5) is 43.5. The monoisotopic (exact) mass is 382 g/mol. The van der Waals surface area contributed by atoms with Crippen LogP contribution in [0, 0.1) is 5.92 Å². The number of carboxylic acids is 1. The first-order valence-electron chi connectivity index (χ1n) is 8.98. The Balaban J connectivity index is 1.84. The number of aliphatic carboxylic acids is 1. The molecule has 8 heteroatoms. The largest absolute Gasteiger partial charge is 0.480 e. The number of pyridine rings is 1. The molecule has 146 valence electrons. The molecule has 0 saturated heterocycles. The summed E-state index contributed by atoms with van der Waals surface area (Å²) in [5, 5.41) is 15.9. The molecule has 28 heavy (non-hydrogen) atoms. The third kappa shape index (κ3) is 3.80. The number of amides is 2. The number of H-pyrrole nitrogens is 1. The molecule has 3 rings (SSSR count). The van der Waals surface area contributed by atoms with Gasteiger partial charge in [-0.2, -0.15) is 0 Å². The van der Waals surface area contributed by atoms with Crippen molar-refractivity contribution in [3.8, 4) is 0 Å². The van der Waals surface area contributed by atoms with Crippen molar-refractivity contribution in [3.63, 3.8) is 0 Å². The number of hydrogen-bond donors (Lipinski definition) is 4. The smallest absolute Gasteiger partial charge is 0.325 e. The summed E-state index contributed by atoms with van der Waals surface area (Å²) in [6.07, 6.45) is 1.58. The Morgan fingerprint density at radius 2 is 1.75 bits per heavy atom. The van der Waals surface area contributed by atoms with Gasteiger partial charge in [0.05, 0.1) is 11.7 Å². The highest BCUT2D eigenvalue weighted by Crippen LogP contribution is 2.25. The van der Waals surface area contributed by atoms with Crippen LogP contribution in [-0.4, -0.2) is 44.9 Å². The SMILES string of the molecule is CC(NC(=O)C(NC(=O)c1cc2c(cn1)[nH]c1ccccc12)C(C)C)C(=O)O. The number of para-hydroxylation sites is 1. The number of aromatic nitrogens is 2. The number of hydrogen-bond acceptors (Lipinski definition) is 4. The molecular weight excluding hydrogens is 360 g/mol. The maximum atomic E-state index is 12.7. The summed E-state index contributed by atoms with van der Waals surface area (Å²) in [6, 6.07) is 7.48. The molecule has 0 radical (unpaired) electrons. The Morgan fingerprint density at radius 3 is 2.43 bits per heavy atom. The molecule has 0 aliphatic rings. The van der Waals surface area contributed by atoms with Crippen LogP contribution in [0.3, 0.4) is 0 Å². The Kier molecular flexibility index (Phi) is 5.30.